The van der Waals surface area contributed by atoms with Crippen molar-refractivity contribution in [2.45, 2.75) is 39.2 Å². The summed E-state index contributed by atoms with van der Waals surface area (Å²) in [6.07, 6.45) is 0.321. The van der Waals surface area contributed by atoms with Gasteiger partial charge in [0.1, 0.15) is 5.75 Å². The van der Waals surface area contributed by atoms with E-state index in [0.717, 1.165) is 0 Å². The maximum Gasteiger partial charge on any atom is 0.319 e. The smallest absolute Gasteiger partial charge is 0.319 e. The molecule has 0 heterocycles. The summed E-state index contributed by atoms with van der Waals surface area (Å²) in [4.78, 5) is 22.5. The standard InChI is InChI=1S/C15H21ClN2O4/c1-4-22-12-6-5-10(9-11(12)16)17-14(21)18-15(2,3)8-7-13(19)20/h5-6,9H,4,7-8H2,1-3H3,(H,19,20)(H2,17,18,21). The molecule has 0 radical (unpaired) electrons. The molecule has 1 aromatic rings. The van der Waals surface area contributed by atoms with Gasteiger partial charge in [-0.25, -0.2) is 4.79 Å². The second-order valence-electron chi connectivity index (χ2n) is 5.43. The summed E-state index contributed by atoms with van der Waals surface area (Å²) in [5, 5.41) is 14.5. The lowest BCUT2D eigenvalue weighted by molar-refractivity contribution is -0.137. The lowest BCUT2D eigenvalue weighted by Gasteiger charge is -2.25. The van der Waals surface area contributed by atoms with Crippen LogP contribution in [0.1, 0.15) is 33.6 Å². The topological polar surface area (TPSA) is 87.7 Å². The highest BCUT2D eigenvalue weighted by Crippen LogP contribution is 2.27. The van der Waals surface area contributed by atoms with Gasteiger partial charge in [-0.05, 0) is 45.4 Å². The molecule has 1 aromatic carbocycles. The number of hydrogen-bond donors (Lipinski definition) is 3. The molecule has 0 saturated heterocycles. The van der Waals surface area contributed by atoms with E-state index in [1.54, 1.807) is 32.0 Å². The number of halogens is 1. The van der Waals surface area contributed by atoms with Crippen LogP contribution in [0.2, 0.25) is 5.02 Å². The summed E-state index contributed by atoms with van der Waals surface area (Å²) in [7, 11) is 0. The second-order valence-corrected chi connectivity index (χ2v) is 5.84. The van der Waals surface area contributed by atoms with E-state index in [4.69, 9.17) is 21.4 Å². The van der Waals surface area contributed by atoms with Crippen molar-refractivity contribution in [3.63, 3.8) is 0 Å². The molecule has 0 spiro atoms. The first-order chi connectivity index (χ1) is 10.2. The van der Waals surface area contributed by atoms with Gasteiger partial charge < -0.3 is 20.5 Å². The van der Waals surface area contributed by atoms with Crippen molar-refractivity contribution in [2.24, 2.45) is 0 Å². The summed E-state index contributed by atoms with van der Waals surface area (Å²) in [6, 6.07) is 4.53. The first-order valence-corrected chi connectivity index (χ1v) is 7.34. The van der Waals surface area contributed by atoms with Crippen molar-refractivity contribution in [3.05, 3.63) is 23.2 Å². The average Bonchev–Trinajstić information content (AvgIpc) is 2.39. The number of ether oxygens (including phenoxy) is 1. The molecule has 0 saturated carbocycles. The zero-order valence-electron chi connectivity index (χ0n) is 12.9. The predicted molar refractivity (Wildman–Crippen MR) is 85.7 cm³/mol. The zero-order chi connectivity index (χ0) is 16.8. The van der Waals surface area contributed by atoms with Gasteiger partial charge in [0.25, 0.3) is 0 Å². The first-order valence-electron chi connectivity index (χ1n) is 6.97. The minimum absolute atomic E-state index is 0.0117. The van der Waals surface area contributed by atoms with Gasteiger partial charge in [0.15, 0.2) is 0 Å². The Balaban J connectivity index is 2.61. The van der Waals surface area contributed by atoms with Gasteiger partial charge in [-0.15, -0.1) is 0 Å². The van der Waals surface area contributed by atoms with E-state index in [2.05, 4.69) is 10.6 Å². The lowest BCUT2D eigenvalue weighted by atomic mass is 9.99. The molecular formula is C15H21ClN2O4. The number of carbonyl (C=O) groups excluding carboxylic acids is 1. The van der Waals surface area contributed by atoms with Crippen LogP contribution in [0.25, 0.3) is 0 Å². The monoisotopic (exact) mass is 328 g/mol. The Morgan fingerprint density at radius 3 is 2.59 bits per heavy atom. The normalized spacial score (nSPS) is 10.9. The van der Waals surface area contributed by atoms with Crippen LogP contribution in [0.15, 0.2) is 18.2 Å². The van der Waals surface area contributed by atoms with Crippen LogP contribution in [0.4, 0.5) is 10.5 Å². The molecule has 0 aliphatic heterocycles. The molecule has 22 heavy (non-hydrogen) atoms. The lowest BCUT2D eigenvalue weighted by Crippen LogP contribution is -2.45. The Morgan fingerprint density at radius 1 is 1.36 bits per heavy atom. The van der Waals surface area contributed by atoms with E-state index in [1.807, 2.05) is 6.92 Å². The number of anilines is 1. The van der Waals surface area contributed by atoms with Crippen molar-refractivity contribution in [1.29, 1.82) is 0 Å². The highest BCUT2D eigenvalue weighted by molar-refractivity contribution is 6.32. The SMILES string of the molecule is CCOc1ccc(NC(=O)NC(C)(C)CCC(=O)O)cc1Cl. The Labute approximate surface area is 134 Å². The molecular weight excluding hydrogens is 308 g/mol. The summed E-state index contributed by atoms with van der Waals surface area (Å²) in [5.74, 6) is -0.342. The fourth-order valence-electron chi connectivity index (χ4n) is 1.80. The summed E-state index contributed by atoms with van der Waals surface area (Å²) in [6.45, 7) is 5.89. The Hall–Kier alpha value is -1.95. The summed E-state index contributed by atoms with van der Waals surface area (Å²) < 4.78 is 5.32. The molecule has 122 valence electrons. The minimum atomic E-state index is -0.895. The molecule has 3 N–H and O–H groups in total. The van der Waals surface area contributed by atoms with E-state index in [0.29, 0.717) is 29.5 Å². The molecule has 0 fully saturated rings. The molecule has 6 nitrogen and oxygen atoms in total. The molecule has 0 aromatic heterocycles. The molecule has 0 aliphatic rings. The van der Waals surface area contributed by atoms with Crippen molar-refractivity contribution in [3.8, 4) is 5.75 Å². The third-order valence-corrected chi connectivity index (χ3v) is 3.20. The van der Waals surface area contributed by atoms with Gasteiger partial charge in [-0.1, -0.05) is 11.6 Å². The predicted octanol–water partition coefficient (Wildman–Crippen LogP) is 3.50. The van der Waals surface area contributed by atoms with Crippen molar-refractivity contribution < 1.29 is 19.4 Å². The number of carbonyl (C=O) groups is 2. The largest absolute Gasteiger partial charge is 0.492 e. The van der Waals surface area contributed by atoms with Crippen LogP contribution in [0, 0.1) is 0 Å². The van der Waals surface area contributed by atoms with Gasteiger partial charge in [-0.2, -0.15) is 0 Å². The average molecular weight is 329 g/mol. The van der Waals surface area contributed by atoms with Crippen molar-refractivity contribution in [1.82, 2.24) is 5.32 Å². The molecule has 0 unspecified atom stereocenters. The van der Waals surface area contributed by atoms with E-state index >= 15 is 0 Å². The van der Waals surface area contributed by atoms with Crippen LogP contribution in [-0.2, 0) is 4.79 Å². The molecule has 1 rings (SSSR count). The molecule has 0 atom stereocenters. The highest BCUT2D eigenvalue weighted by atomic mass is 35.5. The molecule has 7 heteroatoms. The fourth-order valence-corrected chi connectivity index (χ4v) is 2.04. The molecule has 2 amide bonds. The zero-order valence-corrected chi connectivity index (χ0v) is 13.7. The Bertz CT molecular complexity index is 546. The molecule has 0 bridgehead atoms. The fraction of sp³-hybridized carbons (Fsp3) is 0.467. The van der Waals surface area contributed by atoms with E-state index in [1.165, 1.54) is 0 Å². The number of carboxylic acid groups (broad SMARTS) is 1. The Morgan fingerprint density at radius 2 is 2.05 bits per heavy atom. The quantitative estimate of drug-likeness (QED) is 0.714. The molecule has 0 aliphatic carbocycles. The van der Waals surface area contributed by atoms with Crippen LogP contribution < -0.4 is 15.4 Å². The minimum Gasteiger partial charge on any atom is -0.492 e. The number of nitrogens with one attached hydrogen (secondary N) is 2. The van der Waals surface area contributed by atoms with Gasteiger partial charge in [0, 0.05) is 17.6 Å². The number of rotatable bonds is 7. The van der Waals surface area contributed by atoms with Crippen LogP contribution in [0.3, 0.4) is 0 Å². The highest BCUT2D eigenvalue weighted by Gasteiger charge is 2.21. The number of amides is 2. The number of hydrogen-bond acceptors (Lipinski definition) is 3. The van der Waals surface area contributed by atoms with Gasteiger partial charge in [0.2, 0.25) is 0 Å². The third kappa shape index (κ3) is 6.22. The first kappa shape index (κ1) is 18.1. The van der Waals surface area contributed by atoms with Crippen molar-refractivity contribution in [2.75, 3.05) is 11.9 Å². The number of aliphatic carboxylic acids is 1. The van der Waals surface area contributed by atoms with Crippen LogP contribution >= 0.6 is 11.6 Å². The summed E-state index contributed by atoms with van der Waals surface area (Å²) >= 11 is 6.05. The van der Waals surface area contributed by atoms with Crippen molar-refractivity contribution >= 4 is 29.3 Å². The number of benzene rings is 1. The number of urea groups is 1. The third-order valence-electron chi connectivity index (χ3n) is 2.91. The van der Waals surface area contributed by atoms with Gasteiger partial charge >= 0.3 is 12.0 Å². The van der Waals surface area contributed by atoms with Crippen LogP contribution in [-0.4, -0.2) is 29.3 Å². The van der Waals surface area contributed by atoms with Gasteiger partial charge in [0.05, 0.1) is 11.6 Å². The summed E-state index contributed by atoms with van der Waals surface area (Å²) in [5.41, 5.74) is -0.0997. The Kier molecular flexibility index (Phi) is 6.49. The number of carboxylic acids is 1. The second kappa shape index (κ2) is 7.89. The maximum atomic E-state index is 12.0. The van der Waals surface area contributed by atoms with Crippen LogP contribution in [0.5, 0.6) is 5.75 Å². The van der Waals surface area contributed by atoms with E-state index < -0.39 is 17.5 Å². The maximum absolute atomic E-state index is 12.0. The van der Waals surface area contributed by atoms with E-state index in [9.17, 15) is 9.59 Å². The van der Waals surface area contributed by atoms with Gasteiger partial charge in [-0.3, -0.25) is 4.79 Å². The van der Waals surface area contributed by atoms with E-state index in [-0.39, 0.29) is 6.42 Å².